The van der Waals surface area contributed by atoms with Crippen LogP contribution in [-0.2, 0) is 10.3 Å². The third-order valence-corrected chi connectivity index (χ3v) is 2.88. The number of alkyl halides is 3. The van der Waals surface area contributed by atoms with E-state index in [0.29, 0.717) is 0 Å². The molecule has 1 aliphatic heterocycles. The summed E-state index contributed by atoms with van der Waals surface area (Å²) in [4.78, 5) is 11.5. The molecular formula is C11H11F3N2O3. The van der Waals surface area contributed by atoms with Crippen LogP contribution in [0.3, 0.4) is 0 Å². The number of rotatable bonds is 3. The van der Waals surface area contributed by atoms with Gasteiger partial charge in [-0.1, -0.05) is 0 Å². The predicted octanol–water partition coefficient (Wildman–Crippen LogP) is 0.617. The van der Waals surface area contributed by atoms with Gasteiger partial charge >= 0.3 is 6.18 Å². The maximum Gasteiger partial charge on any atom is 0.401 e. The molecule has 19 heavy (non-hydrogen) atoms. The van der Waals surface area contributed by atoms with Crippen LogP contribution in [0.2, 0.25) is 0 Å². The molecule has 1 aromatic carbocycles. The maximum absolute atomic E-state index is 12.3. The fourth-order valence-corrected chi connectivity index (χ4v) is 1.94. The van der Waals surface area contributed by atoms with Crippen molar-refractivity contribution in [1.82, 2.24) is 5.32 Å². The summed E-state index contributed by atoms with van der Waals surface area (Å²) in [6, 6.07) is 3.78. The van der Waals surface area contributed by atoms with Gasteiger partial charge in [0.2, 0.25) is 5.91 Å². The van der Waals surface area contributed by atoms with Gasteiger partial charge in [0.05, 0.1) is 6.54 Å². The van der Waals surface area contributed by atoms with Crippen molar-refractivity contribution in [3.63, 3.8) is 0 Å². The van der Waals surface area contributed by atoms with E-state index in [2.05, 4.69) is 5.32 Å². The zero-order chi connectivity index (χ0) is 14.3. The fourth-order valence-electron chi connectivity index (χ4n) is 1.94. The second-order valence-electron chi connectivity index (χ2n) is 4.21. The van der Waals surface area contributed by atoms with Gasteiger partial charge in [0.1, 0.15) is 18.1 Å². The Kier molecular flexibility index (Phi) is 3.05. The minimum atomic E-state index is -4.48. The SMILES string of the molecule is NC(=O)C1(NCC(F)(F)F)COc2cc(O)ccc21. The highest BCUT2D eigenvalue weighted by atomic mass is 19.4. The number of ether oxygens (including phenoxy) is 1. The molecule has 1 aliphatic rings. The van der Waals surface area contributed by atoms with Gasteiger partial charge in [-0.2, -0.15) is 13.2 Å². The molecule has 0 saturated heterocycles. The zero-order valence-electron chi connectivity index (χ0n) is 9.62. The number of primary amides is 1. The van der Waals surface area contributed by atoms with Crippen LogP contribution in [0.4, 0.5) is 13.2 Å². The van der Waals surface area contributed by atoms with Gasteiger partial charge in [-0.3, -0.25) is 10.1 Å². The molecule has 0 saturated carbocycles. The molecule has 1 unspecified atom stereocenters. The lowest BCUT2D eigenvalue weighted by Gasteiger charge is -2.26. The Morgan fingerprint density at radius 1 is 1.53 bits per heavy atom. The second-order valence-corrected chi connectivity index (χ2v) is 4.21. The first-order valence-corrected chi connectivity index (χ1v) is 5.32. The summed E-state index contributed by atoms with van der Waals surface area (Å²) in [5, 5.41) is 11.4. The van der Waals surface area contributed by atoms with E-state index in [1.807, 2.05) is 0 Å². The number of hydrogen-bond acceptors (Lipinski definition) is 4. The van der Waals surface area contributed by atoms with Crippen LogP contribution in [0.1, 0.15) is 5.56 Å². The van der Waals surface area contributed by atoms with E-state index in [0.717, 1.165) is 0 Å². The van der Waals surface area contributed by atoms with Gasteiger partial charge in [-0.15, -0.1) is 0 Å². The molecule has 1 amide bonds. The van der Waals surface area contributed by atoms with Crippen LogP contribution >= 0.6 is 0 Å². The maximum atomic E-state index is 12.3. The Morgan fingerprint density at radius 3 is 2.79 bits per heavy atom. The van der Waals surface area contributed by atoms with Crippen molar-refractivity contribution in [2.24, 2.45) is 5.73 Å². The Hall–Kier alpha value is -1.96. The molecule has 8 heteroatoms. The molecule has 4 N–H and O–H groups in total. The first-order valence-electron chi connectivity index (χ1n) is 5.32. The van der Waals surface area contributed by atoms with Crippen LogP contribution in [0.15, 0.2) is 18.2 Å². The van der Waals surface area contributed by atoms with E-state index in [4.69, 9.17) is 10.5 Å². The lowest BCUT2D eigenvalue weighted by atomic mass is 9.91. The molecule has 0 fully saturated rings. The summed E-state index contributed by atoms with van der Waals surface area (Å²) in [6.45, 7) is -1.73. The minimum absolute atomic E-state index is 0.116. The molecule has 0 radical (unpaired) electrons. The third kappa shape index (κ3) is 2.43. The van der Waals surface area contributed by atoms with Crippen LogP contribution in [0, 0.1) is 0 Å². The summed E-state index contributed by atoms with van der Waals surface area (Å²) in [5.74, 6) is -0.954. The van der Waals surface area contributed by atoms with Gasteiger partial charge in [0.15, 0.2) is 5.54 Å². The Morgan fingerprint density at radius 2 is 2.21 bits per heavy atom. The number of carbonyl (C=O) groups is 1. The molecule has 2 rings (SSSR count). The number of fused-ring (bicyclic) bond motifs is 1. The van der Waals surface area contributed by atoms with Gasteiger partial charge in [-0.05, 0) is 12.1 Å². The van der Waals surface area contributed by atoms with Gasteiger partial charge in [-0.25, -0.2) is 0 Å². The zero-order valence-corrected chi connectivity index (χ0v) is 9.62. The van der Waals surface area contributed by atoms with E-state index in [1.165, 1.54) is 18.2 Å². The van der Waals surface area contributed by atoms with Gasteiger partial charge in [0.25, 0.3) is 0 Å². The van der Waals surface area contributed by atoms with Crippen molar-refractivity contribution < 1.29 is 27.8 Å². The average molecular weight is 276 g/mol. The number of carbonyl (C=O) groups excluding carboxylic acids is 1. The largest absolute Gasteiger partial charge is 0.508 e. The van der Waals surface area contributed by atoms with Crippen molar-refractivity contribution >= 4 is 5.91 Å². The first kappa shape index (κ1) is 13.5. The number of nitrogens with two attached hydrogens (primary N) is 1. The van der Waals surface area contributed by atoms with E-state index in [9.17, 15) is 23.1 Å². The van der Waals surface area contributed by atoms with Crippen molar-refractivity contribution in [2.45, 2.75) is 11.7 Å². The van der Waals surface area contributed by atoms with E-state index < -0.39 is 24.2 Å². The topological polar surface area (TPSA) is 84.6 Å². The molecule has 1 heterocycles. The monoisotopic (exact) mass is 276 g/mol. The number of nitrogens with one attached hydrogen (secondary N) is 1. The van der Waals surface area contributed by atoms with Crippen molar-refractivity contribution in [2.75, 3.05) is 13.2 Å². The Labute approximate surface area is 106 Å². The van der Waals surface area contributed by atoms with Crippen LogP contribution in [0.25, 0.3) is 0 Å². The molecule has 5 nitrogen and oxygen atoms in total. The Bertz CT molecular complexity index is 518. The lowest BCUT2D eigenvalue weighted by Crippen LogP contribution is -2.56. The molecule has 0 bridgehead atoms. The van der Waals surface area contributed by atoms with Crippen LogP contribution < -0.4 is 15.8 Å². The predicted molar refractivity (Wildman–Crippen MR) is 58.5 cm³/mol. The smallest absolute Gasteiger partial charge is 0.401 e. The fraction of sp³-hybridized carbons (Fsp3) is 0.364. The quantitative estimate of drug-likeness (QED) is 0.755. The summed E-state index contributed by atoms with van der Waals surface area (Å²) in [6.07, 6.45) is -4.48. The molecule has 0 aliphatic carbocycles. The molecule has 0 spiro atoms. The first-order chi connectivity index (χ1) is 8.74. The van der Waals surface area contributed by atoms with E-state index in [1.54, 1.807) is 0 Å². The molecular weight excluding hydrogens is 265 g/mol. The molecule has 104 valence electrons. The minimum Gasteiger partial charge on any atom is -0.508 e. The number of aromatic hydroxyl groups is 1. The van der Waals surface area contributed by atoms with Gasteiger partial charge in [0, 0.05) is 11.6 Å². The van der Waals surface area contributed by atoms with Crippen molar-refractivity contribution in [3.8, 4) is 11.5 Å². The lowest BCUT2D eigenvalue weighted by molar-refractivity contribution is -0.137. The second kappa shape index (κ2) is 4.30. The highest BCUT2D eigenvalue weighted by Gasteiger charge is 2.48. The molecule has 1 aromatic rings. The highest BCUT2D eigenvalue weighted by molar-refractivity contribution is 5.88. The summed E-state index contributed by atoms with van der Waals surface area (Å²) < 4.78 is 42.0. The normalized spacial score (nSPS) is 21.8. The third-order valence-electron chi connectivity index (χ3n) is 2.88. The summed E-state index contributed by atoms with van der Waals surface area (Å²) >= 11 is 0. The van der Waals surface area contributed by atoms with Crippen LogP contribution in [0.5, 0.6) is 11.5 Å². The number of halogens is 3. The Balaban J connectivity index is 2.36. The van der Waals surface area contributed by atoms with E-state index >= 15 is 0 Å². The molecule has 1 atom stereocenters. The summed E-state index contributed by atoms with van der Waals surface area (Å²) in [7, 11) is 0. The standard InChI is InChI=1S/C11H11F3N2O3/c12-11(13,14)4-16-10(9(15)18)5-19-8-3-6(17)1-2-7(8)10/h1-3,16-17H,4-5H2,(H2,15,18). The average Bonchev–Trinajstić information content (AvgIpc) is 2.64. The van der Waals surface area contributed by atoms with Crippen molar-refractivity contribution in [1.29, 1.82) is 0 Å². The number of phenolic OH excluding ortho intramolecular Hbond substituents is 1. The summed E-state index contributed by atoms with van der Waals surface area (Å²) in [5.41, 5.74) is 3.65. The van der Waals surface area contributed by atoms with Crippen molar-refractivity contribution in [3.05, 3.63) is 23.8 Å². The van der Waals surface area contributed by atoms with Gasteiger partial charge < -0.3 is 15.6 Å². The number of phenols is 1. The van der Waals surface area contributed by atoms with Crippen LogP contribution in [-0.4, -0.2) is 30.3 Å². The number of benzene rings is 1. The van der Waals surface area contributed by atoms with E-state index in [-0.39, 0.29) is 23.7 Å². The highest BCUT2D eigenvalue weighted by Crippen LogP contribution is 2.39. The number of amides is 1. The number of hydrogen-bond donors (Lipinski definition) is 3. The molecule has 0 aromatic heterocycles.